The molecule has 2 N–H and O–H groups in total. The van der Waals surface area contributed by atoms with Crippen molar-refractivity contribution in [2.24, 2.45) is 11.1 Å². The van der Waals surface area contributed by atoms with Crippen LogP contribution in [0.1, 0.15) is 55.7 Å². The molecule has 0 amide bonds. The van der Waals surface area contributed by atoms with Crippen molar-refractivity contribution >= 4 is 0 Å². The Hall–Kier alpha value is -0.820. The van der Waals surface area contributed by atoms with Crippen molar-refractivity contribution in [1.82, 2.24) is 0 Å². The van der Waals surface area contributed by atoms with E-state index in [1.54, 1.807) is 0 Å². The van der Waals surface area contributed by atoms with E-state index >= 15 is 0 Å². The summed E-state index contributed by atoms with van der Waals surface area (Å²) in [5.41, 5.74) is 10.9. The van der Waals surface area contributed by atoms with E-state index in [4.69, 9.17) is 5.73 Å². The van der Waals surface area contributed by atoms with E-state index in [-0.39, 0.29) is 0 Å². The Morgan fingerprint density at radius 1 is 1.18 bits per heavy atom. The average molecular weight is 231 g/mol. The SMILES string of the molecule is CCC1(CC)C(N)CC1c1ccc(C)c(C)c1. The molecular formula is C16H25N. The average Bonchev–Trinajstić information content (AvgIpc) is 2.32. The second kappa shape index (κ2) is 4.45. The van der Waals surface area contributed by atoms with Crippen molar-refractivity contribution in [1.29, 1.82) is 0 Å². The Balaban J connectivity index is 2.32. The van der Waals surface area contributed by atoms with Crippen LogP contribution in [0.25, 0.3) is 0 Å². The van der Waals surface area contributed by atoms with E-state index in [0.29, 0.717) is 17.4 Å². The molecule has 0 saturated heterocycles. The van der Waals surface area contributed by atoms with Gasteiger partial charge in [0, 0.05) is 6.04 Å². The maximum absolute atomic E-state index is 6.27. The predicted molar refractivity (Wildman–Crippen MR) is 74.3 cm³/mol. The summed E-state index contributed by atoms with van der Waals surface area (Å²) in [5.74, 6) is 0.673. The first-order chi connectivity index (χ1) is 8.05. The van der Waals surface area contributed by atoms with E-state index < -0.39 is 0 Å². The highest BCUT2D eigenvalue weighted by Gasteiger charge is 2.50. The Morgan fingerprint density at radius 2 is 1.82 bits per heavy atom. The van der Waals surface area contributed by atoms with Gasteiger partial charge in [-0.2, -0.15) is 0 Å². The highest BCUT2D eigenvalue weighted by Crippen LogP contribution is 2.56. The molecule has 17 heavy (non-hydrogen) atoms. The topological polar surface area (TPSA) is 26.0 Å². The Labute approximate surface area is 105 Å². The third-order valence-corrected chi connectivity index (χ3v) is 5.17. The lowest BCUT2D eigenvalue weighted by Gasteiger charge is -2.55. The summed E-state index contributed by atoms with van der Waals surface area (Å²) in [6.07, 6.45) is 3.55. The zero-order valence-electron chi connectivity index (χ0n) is 11.6. The lowest BCUT2D eigenvalue weighted by Crippen LogP contribution is -2.55. The number of hydrogen-bond acceptors (Lipinski definition) is 1. The number of hydrogen-bond donors (Lipinski definition) is 1. The van der Waals surface area contributed by atoms with Gasteiger partial charge in [-0.05, 0) is 61.1 Å². The highest BCUT2D eigenvalue weighted by molar-refractivity contribution is 5.35. The van der Waals surface area contributed by atoms with Crippen molar-refractivity contribution in [3.05, 3.63) is 34.9 Å². The third kappa shape index (κ3) is 1.81. The fraction of sp³-hybridized carbons (Fsp3) is 0.625. The molecule has 1 heteroatoms. The first kappa shape index (κ1) is 12.6. The van der Waals surface area contributed by atoms with Crippen LogP contribution in [-0.2, 0) is 0 Å². The van der Waals surface area contributed by atoms with Gasteiger partial charge in [-0.3, -0.25) is 0 Å². The van der Waals surface area contributed by atoms with Gasteiger partial charge in [0.25, 0.3) is 0 Å². The minimum Gasteiger partial charge on any atom is -0.327 e. The van der Waals surface area contributed by atoms with Gasteiger partial charge in [-0.25, -0.2) is 0 Å². The molecule has 0 spiro atoms. The van der Waals surface area contributed by atoms with E-state index in [1.807, 2.05) is 0 Å². The Morgan fingerprint density at radius 3 is 2.29 bits per heavy atom. The van der Waals surface area contributed by atoms with Gasteiger partial charge in [0.15, 0.2) is 0 Å². The molecule has 1 saturated carbocycles. The third-order valence-electron chi connectivity index (χ3n) is 5.17. The molecule has 1 nitrogen and oxygen atoms in total. The van der Waals surface area contributed by atoms with Crippen LogP contribution in [0.5, 0.6) is 0 Å². The smallest absolute Gasteiger partial charge is 0.0107 e. The molecule has 1 aliphatic carbocycles. The molecule has 2 atom stereocenters. The summed E-state index contributed by atoms with van der Waals surface area (Å²) in [7, 11) is 0. The molecule has 1 fully saturated rings. The number of benzene rings is 1. The van der Waals surface area contributed by atoms with Crippen molar-refractivity contribution in [2.45, 2.75) is 58.9 Å². The highest BCUT2D eigenvalue weighted by atomic mass is 14.8. The van der Waals surface area contributed by atoms with Crippen molar-refractivity contribution in [3.63, 3.8) is 0 Å². The van der Waals surface area contributed by atoms with Crippen LogP contribution in [0, 0.1) is 19.3 Å². The molecule has 0 bridgehead atoms. The molecule has 2 unspecified atom stereocenters. The minimum absolute atomic E-state index is 0.349. The van der Waals surface area contributed by atoms with E-state index in [9.17, 15) is 0 Å². The lowest BCUT2D eigenvalue weighted by molar-refractivity contribution is 0.0438. The number of nitrogens with two attached hydrogens (primary N) is 1. The quantitative estimate of drug-likeness (QED) is 0.838. The largest absolute Gasteiger partial charge is 0.327 e. The summed E-state index contributed by atoms with van der Waals surface area (Å²) in [4.78, 5) is 0. The van der Waals surface area contributed by atoms with E-state index in [1.165, 1.54) is 29.5 Å². The van der Waals surface area contributed by atoms with Gasteiger partial charge in [0.2, 0.25) is 0 Å². The molecule has 94 valence electrons. The van der Waals surface area contributed by atoms with Crippen LogP contribution in [-0.4, -0.2) is 6.04 Å². The summed E-state index contributed by atoms with van der Waals surface area (Å²) >= 11 is 0. The van der Waals surface area contributed by atoms with Crippen LogP contribution in [0.4, 0.5) is 0 Å². The molecule has 1 aliphatic rings. The number of aryl methyl sites for hydroxylation is 2. The molecule has 0 heterocycles. The second-order valence-electron chi connectivity index (χ2n) is 5.68. The zero-order valence-corrected chi connectivity index (χ0v) is 11.6. The van der Waals surface area contributed by atoms with E-state index in [0.717, 1.165) is 6.42 Å². The predicted octanol–water partition coefficient (Wildman–Crippen LogP) is 3.92. The number of rotatable bonds is 3. The molecular weight excluding hydrogens is 206 g/mol. The first-order valence-electron chi connectivity index (χ1n) is 6.88. The van der Waals surface area contributed by atoms with Gasteiger partial charge in [-0.1, -0.05) is 32.0 Å². The van der Waals surface area contributed by atoms with E-state index in [2.05, 4.69) is 45.9 Å². The molecule has 0 aliphatic heterocycles. The summed E-state index contributed by atoms with van der Waals surface area (Å²) in [6.45, 7) is 8.96. The first-order valence-corrected chi connectivity index (χ1v) is 6.88. The monoisotopic (exact) mass is 231 g/mol. The van der Waals surface area contributed by atoms with Gasteiger partial charge in [0.05, 0.1) is 0 Å². The van der Waals surface area contributed by atoms with Crippen molar-refractivity contribution in [2.75, 3.05) is 0 Å². The lowest BCUT2D eigenvalue weighted by atomic mass is 9.52. The second-order valence-corrected chi connectivity index (χ2v) is 5.68. The van der Waals surface area contributed by atoms with Crippen LogP contribution in [0.3, 0.4) is 0 Å². The van der Waals surface area contributed by atoms with Gasteiger partial charge < -0.3 is 5.73 Å². The Bertz CT molecular complexity index is 404. The summed E-state index contributed by atoms with van der Waals surface area (Å²) in [5, 5.41) is 0. The Kier molecular flexibility index (Phi) is 3.31. The van der Waals surface area contributed by atoms with Crippen LogP contribution < -0.4 is 5.73 Å². The molecule has 1 aromatic carbocycles. The standard InChI is InChI=1S/C16H25N/c1-5-16(6-2)14(10-15(16)17)13-8-7-11(3)12(4)9-13/h7-9,14-15H,5-6,10,17H2,1-4H3. The van der Waals surface area contributed by atoms with Crippen LogP contribution in [0.15, 0.2) is 18.2 Å². The summed E-state index contributed by atoms with van der Waals surface area (Å²) < 4.78 is 0. The zero-order chi connectivity index (χ0) is 12.6. The van der Waals surface area contributed by atoms with Gasteiger partial charge in [0.1, 0.15) is 0 Å². The fourth-order valence-corrected chi connectivity index (χ4v) is 3.54. The molecule has 0 aromatic heterocycles. The fourth-order valence-electron chi connectivity index (χ4n) is 3.54. The van der Waals surface area contributed by atoms with Crippen molar-refractivity contribution in [3.8, 4) is 0 Å². The molecule has 0 radical (unpaired) electrons. The minimum atomic E-state index is 0.349. The van der Waals surface area contributed by atoms with Crippen LogP contribution in [0.2, 0.25) is 0 Å². The maximum Gasteiger partial charge on any atom is 0.0107 e. The summed E-state index contributed by atoms with van der Waals surface area (Å²) in [6, 6.07) is 7.32. The maximum atomic E-state index is 6.27. The normalized spacial score (nSPS) is 26.6. The van der Waals surface area contributed by atoms with Crippen molar-refractivity contribution < 1.29 is 0 Å². The molecule has 2 rings (SSSR count). The molecule has 1 aromatic rings. The van der Waals surface area contributed by atoms with Gasteiger partial charge in [-0.15, -0.1) is 0 Å². The van der Waals surface area contributed by atoms with Crippen LogP contribution >= 0.6 is 0 Å². The van der Waals surface area contributed by atoms with Gasteiger partial charge >= 0.3 is 0 Å².